The molecule has 2 aromatic heterocycles. The van der Waals surface area contributed by atoms with E-state index in [1.54, 1.807) is 0 Å². The normalized spacial score (nSPS) is 15.1. The van der Waals surface area contributed by atoms with Crippen molar-refractivity contribution >= 4 is 33.2 Å². The number of fused-ring (bicyclic) bond motifs is 3. The molecule has 0 spiro atoms. The number of pyridine rings is 1. The molecule has 0 atom stereocenters. The van der Waals surface area contributed by atoms with Gasteiger partial charge in [-0.1, -0.05) is 19.3 Å². The maximum atomic E-state index is 6.02. The smallest absolute Gasteiger partial charge is 0.119 e. The number of hydrogen-bond donors (Lipinski definition) is 2. The minimum atomic E-state index is 0.714. The molecular weight excluding hydrogens is 348 g/mol. The number of aromatic amines is 1. The lowest BCUT2D eigenvalue weighted by atomic mass is 9.90. The predicted octanol–water partition coefficient (Wildman–Crippen LogP) is 5.81. The Labute approximate surface area is 164 Å². The summed E-state index contributed by atoms with van der Waals surface area (Å²) in [6, 6.07) is 14.3. The SMILES string of the molecule is c1cc(Nc2ccc(OCC3CCCCC3)cc2)c2c(ccc3cn[nH]c32)n1. The Morgan fingerprint density at radius 1 is 1.00 bits per heavy atom. The summed E-state index contributed by atoms with van der Waals surface area (Å²) in [7, 11) is 0. The van der Waals surface area contributed by atoms with E-state index in [1.807, 2.05) is 42.7 Å². The van der Waals surface area contributed by atoms with E-state index in [0.29, 0.717) is 5.92 Å². The summed E-state index contributed by atoms with van der Waals surface area (Å²) in [6.07, 6.45) is 10.3. The lowest BCUT2D eigenvalue weighted by Crippen LogP contribution is -2.15. The van der Waals surface area contributed by atoms with Gasteiger partial charge in [-0.15, -0.1) is 0 Å². The van der Waals surface area contributed by atoms with Gasteiger partial charge < -0.3 is 10.1 Å². The van der Waals surface area contributed by atoms with Crippen molar-refractivity contribution in [1.82, 2.24) is 15.2 Å². The van der Waals surface area contributed by atoms with Crippen molar-refractivity contribution in [1.29, 1.82) is 0 Å². The van der Waals surface area contributed by atoms with Gasteiger partial charge in [0.25, 0.3) is 0 Å². The third-order valence-corrected chi connectivity index (χ3v) is 5.66. The Morgan fingerprint density at radius 3 is 2.71 bits per heavy atom. The topological polar surface area (TPSA) is 62.8 Å². The molecule has 4 aromatic rings. The van der Waals surface area contributed by atoms with Crippen LogP contribution in [0.5, 0.6) is 5.75 Å². The number of benzene rings is 2. The van der Waals surface area contributed by atoms with Crippen LogP contribution in [0.3, 0.4) is 0 Å². The molecule has 0 saturated heterocycles. The number of H-pyrrole nitrogens is 1. The summed E-state index contributed by atoms with van der Waals surface area (Å²) in [5.74, 6) is 1.65. The number of nitrogens with one attached hydrogen (secondary N) is 2. The summed E-state index contributed by atoms with van der Waals surface area (Å²) in [6.45, 7) is 0.833. The highest BCUT2D eigenvalue weighted by molar-refractivity contribution is 6.10. The molecule has 0 bridgehead atoms. The van der Waals surface area contributed by atoms with E-state index >= 15 is 0 Å². The maximum Gasteiger partial charge on any atom is 0.119 e. The van der Waals surface area contributed by atoms with Crippen LogP contribution in [0.4, 0.5) is 11.4 Å². The molecule has 1 aliphatic rings. The zero-order valence-corrected chi connectivity index (χ0v) is 15.8. The van der Waals surface area contributed by atoms with E-state index < -0.39 is 0 Å². The molecule has 5 rings (SSSR count). The molecule has 1 saturated carbocycles. The molecule has 0 aliphatic heterocycles. The predicted molar refractivity (Wildman–Crippen MR) is 113 cm³/mol. The molecule has 2 aromatic carbocycles. The van der Waals surface area contributed by atoms with Gasteiger partial charge in [-0.2, -0.15) is 5.10 Å². The summed E-state index contributed by atoms with van der Waals surface area (Å²) < 4.78 is 6.02. The number of hydrogen-bond acceptors (Lipinski definition) is 4. The molecule has 1 fully saturated rings. The van der Waals surface area contributed by atoms with Gasteiger partial charge in [-0.25, -0.2) is 0 Å². The van der Waals surface area contributed by atoms with Gasteiger partial charge in [0, 0.05) is 22.7 Å². The van der Waals surface area contributed by atoms with E-state index in [2.05, 4.69) is 32.6 Å². The highest BCUT2D eigenvalue weighted by atomic mass is 16.5. The van der Waals surface area contributed by atoms with Gasteiger partial charge in [0.05, 0.1) is 29.5 Å². The van der Waals surface area contributed by atoms with Gasteiger partial charge in [-0.05, 0) is 61.2 Å². The second kappa shape index (κ2) is 7.50. The first kappa shape index (κ1) is 17.0. The van der Waals surface area contributed by atoms with Crippen molar-refractivity contribution in [3.8, 4) is 5.75 Å². The van der Waals surface area contributed by atoms with Gasteiger partial charge in [0.15, 0.2) is 0 Å². The average molecular weight is 372 g/mol. The first-order chi connectivity index (χ1) is 13.9. The molecule has 0 unspecified atom stereocenters. The van der Waals surface area contributed by atoms with Crippen LogP contribution in [-0.2, 0) is 0 Å². The standard InChI is InChI=1S/C23H24N4O/c1-2-4-16(5-3-1)15-28-19-9-7-18(8-10-19)26-21-12-13-24-20-11-6-17-14-25-27-23(17)22(20)21/h6-14,16H,1-5,15H2,(H,24,26)(H,25,27). The first-order valence-corrected chi connectivity index (χ1v) is 10.1. The number of anilines is 2. The van der Waals surface area contributed by atoms with Crippen molar-refractivity contribution in [2.75, 3.05) is 11.9 Å². The van der Waals surface area contributed by atoms with E-state index in [0.717, 1.165) is 45.5 Å². The molecule has 1 aliphatic carbocycles. The molecular formula is C23H24N4O. The summed E-state index contributed by atoms with van der Waals surface area (Å²) in [5.41, 5.74) is 3.97. The lowest BCUT2D eigenvalue weighted by Gasteiger charge is -2.21. The zero-order chi connectivity index (χ0) is 18.8. The monoisotopic (exact) mass is 372 g/mol. The highest BCUT2D eigenvalue weighted by Gasteiger charge is 2.14. The van der Waals surface area contributed by atoms with E-state index in [-0.39, 0.29) is 0 Å². The average Bonchev–Trinajstić information content (AvgIpc) is 3.23. The molecule has 5 nitrogen and oxygen atoms in total. The molecule has 2 heterocycles. The van der Waals surface area contributed by atoms with Gasteiger partial charge in [-0.3, -0.25) is 10.1 Å². The van der Waals surface area contributed by atoms with Crippen molar-refractivity contribution in [2.45, 2.75) is 32.1 Å². The fourth-order valence-electron chi connectivity index (χ4n) is 4.12. The Bertz CT molecular complexity index is 1080. The minimum absolute atomic E-state index is 0.714. The Kier molecular flexibility index (Phi) is 4.57. The number of rotatable bonds is 5. The second-order valence-electron chi connectivity index (χ2n) is 7.62. The van der Waals surface area contributed by atoms with E-state index in [4.69, 9.17) is 4.74 Å². The van der Waals surface area contributed by atoms with Gasteiger partial charge in [0.2, 0.25) is 0 Å². The minimum Gasteiger partial charge on any atom is -0.493 e. The second-order valence-corrected chi connectivity index (χ2v) is 7.62. The Balaban J connectivity index is 1.34. The molecule has 2 N–H and O–H groups in total. The molecule has 142 valence electrons. The highest BCUT2D eigenvalue weighted by Crippen LogP contribution is 2.31. The number of aromatic nitrogens is 3. The number of nitrogens with zero attached hydrogens (tertiary/aromatic N) is 2. The van der Waals surface area contributed by atoms with Crippen LogP contribution in [0.1, 0.15) is 32.1 Å². The molecule has 0 radical (unpaired) electrons. The van der Waals surface area contributed by atoms with Crippen LogP contribution in [-0.4, -0.2) is 21.8 Å². The summed E-state index contributed by atoms with van der Waals surface area (Å²) >= 11 is 0. The van der Waals surface area contributed by atoms with Crippen LogP contribution in [0.25, 0.3) is 21.8 Å². The van der Waals surface area contributed by atoms with Gasteiger partial charge >= 0.3 is 0 Å². The Morgan fingerprint density at radius 2 is 1.86 bits per heavy atom. The van der Waals surface area contributed by atoms with Crippen molar-refractivity contribution in [3.05, 3.63) is 54.9 Å². The Hall–Kier alpha value is -3.08. The lowest BCUT2D eigenvalue weighted by molar-refractivity contribution is 0.209. The molecule has 28 heavy (non-hydrogen) atoms. The largest absolute Gasteiger partial charge is 0.493 e. The fourth-order valence-corrected chi connectivity index (χ4v) is 4.12. The summed E-state index contributed by atoms with van der Waals surface area (Å²) in [5, 5.41) is 12.9. The van der Waals surface area contributed by atoms with Crippen LogP contribution in [0.2, 0.25) is 0 Å². The summed E-state index contributed by atoms with van der Waals surface area (Å²) in [4.78, 5) is 4.49. The maximum absolute atomic E-state index is 6.02. The van der Waals surface area contributed by atoms with Crippen molar-refractivity contribution in [2.24, 2.45) is 5.92 Å². The fraction of sp³-hybridized carbons (Fsp3) is 0.304. The van der Waals surface area contributed by atoms with Crippen LogP contribution >= 0.6 is 0 Å². The van der Waals surface area contributed by atoms with Crippen LogP contribution in [0, 0.1) is 5.92 Å². The quantitative estimate of drug-likeness (QED) is 0.464. The van der Waals surface area contributed by atoms with Crippen molar-refractivity contribution in [3.63, 3.8) is 0 Å². The molecule has 5 heteroatoms. The first-order valence-electron chi connectivity index (χ1n) is 10.1. The van der Waals surface area contributed by atoms with Crippen LogP contribution in [0.15, 0.2) is 54.9 Å². The van der Waals surface area contributed by atoms with Crippen molar-refractivity contribution < 1.29 is 4.74 Å². The number of ether oxygens (including phenoxy) is 1. The third kappa shape index (κ3) is 3.40. The van der Waals surface area contributed by atoms with E-state index in [1.165, 1.54) is 32.1 Å². The van der Waals surface area contributed by atoms with E-state index in [9.17, 15) is 0 Å². The van der Waals surface area contributed by atoms with Gasteiger partial charge in [0.1, 0.15) is 5.75 Å². The van der Waals surface area contributed by atoms with Crippen LogP contribution < -0.4 is 10.1 Å². The third-order valence-electron chi connectivity index (χ3n) is 5.66. The zero-order valence-electron chi connectivity index (χ0n) is 15.8. The molecule has 0 amide bonds.